The SMILES string of the molecule is CC(C)(C)OC(=O)N1CCC(Oc2cncc3c2c2cc(Br)cnc2n3C(=O)OCc2ccccc2)CC1. The van der Waals surface area contributed by atoms with Crippen LogP contribution in [0.15, 0.2) is 59.5 Å². The first kappa shape index (κ1) is 26.0. The molecule has 0 N–H and O–H groups in total. The van der Waals surface area contributed by atoms with Crippen LogP contribution in [0.25, 0.3) is 21.9 Å². The van der Waals surface area contributed by atoms with E-state index < -0.39 is 11.7 Å². The van der Waals surface area contributed by atoms with Crippen molar-refractivity contribution < 1.29 is 23.8 Å². The standard InChI is InChI=1S/C28H29BrN4O5/c1-28(2,3)38-26(34)32-11-9-20(10-12-32)37-23-16-30-15-22-24(23)21-13-19(29)14-31-25(21)33(22)27(35)36-17-18-7-5-4-6-8-18/h4-8,13-16,20H,9-12,17H2,1-3H3. The van der Waals surface area contributed by atoms with Crippen molar-refractivity contribution in [3.63, 3.8) is 0 Å². The highest BCUT2D eigenvalue weighted by molar-refractivity contribution is 9.10. The second-order valence-corrected chi connectivity index (χ2v) is 11.1. The van der Waals surface area contributed by atoms with Crippen LogP contribution >= 0.6 is 15.9 Å². The van der Waals surface area contributed by atoms with Gasteiger partial charge in [0.1, 0.15) is 24.1 Å². The molecule has 1 amide bonds. The Morgan fingerprint density at radius 3 is 2.50 bits per heavy atom. The van der Waals surface area contributed by atoms with E-state index in [2.05, 4.69) is 25.9 Å². The van der Waals surface area contributed by atoms with Gasteiger partial charge in [0.15, 0.2) is 5.65 Å². The number of piperidine rings is 1. The number of nitrogens with zero attached hydrogens (tertiary/aromatic N) is 4. The zero-order valence-corrected chi connectivity index (χ0v) is 23.1. The summed E-state index contributed by atoms with van der Waals surface area (Å²) in [7, 11) is 0. The Bertz CT molecular complexity index is 1470. The third-order valence-electron chi connectivity index (χ3n) is 6.22. The van der Waals surface area contributed by atoms with Crippen molar-refractivity contribution in [2.24, 2.45) is 0 Å². The van der Waals surface area contributed by atoms with Crippen LogP contribution in [-0.4, -0.2) is 56.4 Å². The van der Waals surface area contributed by atoms with Crippen LogP contribution in [0.3, 0.4) is 0 Å². The number of aromatic nitrogens is 3. The van der Waals surface area contributed by atoms with Gasteiger partial charge in [-0.2, -0.15) is 0 Å². The third kappa shape index (κ3) is 5.60. The van der Waals surface area contributed by atoms with E-state index in [1.807, 2.05) is 57.2 Å². The monoisotopic (exact) mass is 580 g/mol. The van der Waals surface area contributed by atoms with Crippen molar-refractivity contribution in [3.05, 3.63) is 65.0 Å². The van der Waals surface area contributed by atoms with Crippen LogP contribution < -0.4 is 4.74 Å². The van der Waals surface area contributed by atoms with Crippen molar-refractivity contribution in [2.45, 2.75) is 51.9 Å². The minimum atomic E-state index is -0.548. The molecule has 4 aromatic rings. The maximum absolute atomic E-state index is 13.3. The molecule has 0 bridgehead atoms. The van der Waals surface area contributed by atoms with Gasteiger partial charge in [-0.15, -0.1) is 0 Å². The molecule has 0 atom stereocenters. The number of carbonyl (C=O) groups is 2. The summed E-state index contributed by atoms with van der Waals surface area (Å²) in [6.07, 6.45) is 5.23. The Labute approximate surface area is 228 Å². The van der Waals surface area contributed by atoms with Gasteiger partial charge in [0.05, 0.1) is 23.3 Å². The van der Waals surface area contributed by atoms with Crippen molar-refractivity contribution in [1.82, 2.24) is 19.4 Å². The van der Waals surface area contributed by atoms with Gasteiger partial charge >= 0.3 is 12.2 Å². The van der Waals surface area contributed by atoms with E-state index in [0.717, 1.165) is 20.8 Å². The van der Waals surface area contributed by atoms with Crippen molar-refractivity contribution >= 4 is 50.1 Å². The minimum absolute atomic E-state index is 0.121. The first-order chi connectivity index (χ1) is 18.2. The van der Waals surface area contributed by atoms with Gasteiger partial charge in [0, 0.05) is 42.0 Å². The van der Waals surface area contributed by atoms with E-state index in [0.29, 0.717) is 42.8 Å². The third-order valence-corrected chi connectivity index (χ3v) is 6.66. The average molecular weight is 581 g/mol. The van der Waals surface area contributed by atoms with Gasteiger partial charge in [0.2, 0.25) is 0 Å². The molecule has 1 aliphatic heterocycles. The summed E-state index contributed by atoms with van der Waals surface area (Å²) >= 11 is 3.50. The Hall–Kier alpha value is -3.66. The van der Waals surface area contributed by atoms with E-state index in [-0.39, 0.29) is 18.8 Å². The Kier molecular flexibility index (Phi) is 7.25. The van der Waals surface area contributed by atoms with E-state index in [1.54, 1.807) is 23.5 Å². The number of amides is 1. The second-order valence-electron chi connectivity index (χ2n) is 10.2. The molecule has 0 spiro atoms. The van der Waals surface area contributed by atoms with Crippen molar-refractivity contribution in [2.75, 3.05) is 13.1 Å². The van der Waals surface area contributed by atoms with Gasteiger partial charge in [0.25, 0.3) is 0 Å². The molecular weight excluding hydrogens is 552 g/mol. The first-order valence-electron chi connectivity index (χ1n) is 12.5. The number of benzene rings is 1. The van der Waals surface area contributed by atoms with Gasteiger partial charge in [-0.1, -0.05) is 30.3 Å². The van der Waals surface area contributed by atoms with Crippen molar-refractivity contribution in [3.8, 4) is 5.75 Å². The summed E-state index contributed by atoms with van der Waals surface area (Å²) < 4.78 is 19.8. The molecule has 0 unspecified atom stereocenters. The molecule has 0 saturated carbocycles. The fraction of sp³-hybridized carbons (Fsp3) is 0.357. The summed E-state index contributed by atoms with van der Waals surface area (Å²) in [6, 6.07) is 11.4. The Morgan fingerprint density at radius 2 is 1.79 bits per heavy atom. The maximum Gasteiger partial charge on any atom is 0.420 e. The molecule has 3 aromatic heterocycles. The summed E-state index contributed by atoms with van der Waals surface area (Å²) in [6.45, 7) is 6.77. The van der Waals surface area contributed by atoms with Gasteiger partial charge in [-0.25, -0.2) is 19.1 Å². The second kappa shape index (κ2) is 10.6. The predicted octanol–water partition coefficient (Wildman–Crippen LogP) is 6.31. The summed E-state index contributed by atoms with van der Waals surface area (Å²) in [4.78, 5) is 36.3. The number of fused-ring (bicyclic) bond motifs is 3. The number of rotatable bonds is 4. The fourth-order valence-corrected chi connectivity index (χ4v) is 4.83. The highest BCUT2D eigenvalue weighted by Gasteiger charge is 2.29. The number of hydrogen-bond donors (Lipinski definition) is 0. The molecule has 1 saturated heterocycles. The molecule has 5 rings (SSSR count). The Balaban J connectivity index is 1.40. The fourth-order valence-electron chi connectivity index (χ4n) is 4.50. The molecule has 1 aliphatic rings. The first-order valence-corrected chi connectivity index (χ1v) is 13.3. The van der Waals surface area contributed by atoms with Gasteiger partial charge in [-0.3, -0.25) is 4.98 Å². The number of carbonyl (C=O) groups excluding carboxylic acids is 2. The van der Waals surface area contributed by atoms with E-state index in [4.69, 9.17) is 14.2 Å². The summed E-state index contributed by atoms with van der Waals surface area (Å²) in [5.74, 6) is 0.553. The van der Waals surface area contributed by atoms with Crippen LogP contribution in [0, 0.1) is 0 Å². The van der Waals surface area contributed by atoms with Crippen LogP contribution in [0.1, 0.15) is 39.2 Å². The largest absolute Gasteiger partial charge is 0.488 e. The maximum atomic E-state index is 13.3. The lowest BCUT2D eigenvalue weighted by Crippen LogP contribution is -2.44. The number of hydrogen-bond acceptors (Lipinski definition) is 7. The van der Waals surface area contributed by atoms with E-state index in [9.17, 15) is 9.59 Å². The molecule has 0 radical (unpaired) electrons. The van der Waals surface area contributed by atoms with E-state index >= 15 is 0 Å². The number of likely N-dealkylation sites (tertiary alicyclic amines) is 1. The molecule has 198 valence electrons. The molecule has 1 aromatic carbocycles. The molecule has 0 aliphatic carbocycles. The number of halogens is 1. The average Bonchev–Trinajstić information content (AvgIpc) is 3.22. The predicted molar refractivity (Wildman–Crippen MR) is 146 cm³/mol. The van der Waals surface area contributed by atoms with Crippen LogP contribution in [0.4, 0.5) is 9.59 Å². The summed E-state index contributed by atoms with van der Waals surface area (Å²) in [5, 5.41) is 1.48. The van der Waals surface area contributed by atoms with Crippen LogP contribution in [-0.2, 0) is 16.1 Å². The quantitative estimate of drug-likeness (QED) is 0.279. The van der Waals surface area contributed by atoms with Crippen LogP contribution in [0.2, 0.25) is 0 Å². The Morgan fingerprint density at radius 1 is 1.05 bits per heavy atom. The molecular formula is C28H29BrN4O5. The molecule has 4 heterocycles. The van der Waals surface area contributed by atoms with Gasteiger partial charge in [-0.05, 0) is 48.3 Å². The molecule has 9 nitrogen and oxygen atoms in total. The van der Waals surface area contributed by atoms with Crippen molar-refractivity contribution in [1.29, 1.82) is 0 Å². The highest BCUT2D eigenvalue weighted by atomic mass is 79.9. The lowest BCUT2D eigenvalue weighted by atomic mass is 10.1. The topological polar surface area (TPSA) is 95.8 Å². The van der Waals surface area contributed by atoms with E-state index in [1.165, 1.54) is 4.57 Å². The van der Waals surface area contributed by atoms with Gasteiger partial charge < -0.3 is 19.1 Å². The summed E-state index contributed by atoms with van der Waals surface area (Å²) in [5.41, 5.74) is 1.35. The number of pyridine rings is 2. The minimum Gasteiger partial charge on any atom is -0.488 e. The normalized spacial score (nSPS) is 14.6. The zero-order chi connectivity index (χ0) is 26.9. The zero-order valence-electron chi connectivity index (χ0n) is 21.5. The molecule has 38 heavy (non-hydrogen) atoms. The lowest BCUT2D eigenvalue weighted by molar-refractivity contribution is 0.0127. The highest BCUT2D eigenvalue weighted by Crippen LogP contribution is 2.36. The van der Waals surface area contributed by atoms with Crippen LogP contribution in [0.5, 0.6) is 5.75 Å². The molecule has 1 fully saturated rings. The lowest BCUT2D eigenvalue weighted by Gasteiger charge is -2.33. The smallest absolute Gasteiger partial charge is 0.420 e. The molecule has 10 heteroatoms. The number of ether oxygens (including phenoxy) is 3.